The molecule has 3 aromatic carbocycles. The molecule has 0 fully saturated rings. The van der Waals surface area contributed by atoms with Crippen molar-refractivity contribution in [3.63, 3.8) is 0 Å². The van der Waals surface area contributed by atoms with Crippen LogP contribution >= 0.6 is 11.3 Å². The van der Waals surface area contributed by atoms with Gasteiger partial charge < -0.3 is 0 Å². The topological polar surface area (TPSA) is 46.2 Å². The maximum absolute atomic E-state index is 13.0. The molecular formula is C21H17NO2S2. The fraction of sp³-hybridized carbons (Fsp3) is 0.0476. The normalized spacial score (nSPS) is 12.9. The highest BCUT2D eigenvalue weighted by atomic mass is 32.2. The lowest BCUT2D eigenvalue weighted by Gasteiger charge is -2.18. The minimum Gasteiger partial charge on any atom is -0.207 e. The van der Waals surface area contributed by atoms with Crippen molar-refractivity contribution in [1.82, 2.24) is 4.72 Å². The molecule has 0 aliphatic heterocycles. The summed E-state index contributed by atoms with van der Waals surface area (Å²) >= 11 is 1.54. The zero-order valence-electron chi connectivity index (χ0n) is 13.9. The van der Waals surface area contributed by atoms with Gasteiger partial charge in [-0.15, -0.1) is 11.3 Å². The van der Waals surface area contributed by atoms with E-state index < -0.39 is 16.1 Å². The smallest absolute Gasteiger partial charge is 0.207 e. The summed E-state index contributed by atoms with van der Waals surface area (Å²) in [6, 6.07) is 26.1. The van der Waals surface area contributed by atoms with Gasteiger partial charge in [0.1, 0.15) is 0 Å². The molecular weight excluding hydrogens is 362 g/mol. The first kappa shape index (κ1) is 17.0. The lowest BCUT2D eigenvalue weighted by molar-refractivity contribution is 0.573. The number of fused-ring (bicyclic) bond motifs is 1. The Kier molecular flexibility index (Phi) is 4.59. The van der Waals surface area contributed by atoms with Gasteiger partial charge in [-0.3, -0.25) is 0 Å². The summed E-state index contributed by atoms with van der Waals surface area (Å²) in [5.74, 6) is 0. The second-order valence-corrected chi connectivity index (χ2v) is 8.68. The van der Waals surface area contributed by atoms with Crippen LogP contribution in [0, 0.1) is 0 Å². The fourth-order valence-corrected chi connectivity index (χ4v) is 5.06. The number of hydrogen-bond acceptors (Lipinski definition) is 3. The Morgan fingerprint density at radius 1 is 0.769 bits per heavy atom. The van der Waals surface area contributed by atoms with Crippen molar-refractivity contribution in [2.24, 2.45) is 0 Å². The van der Waals surface area contributed by atoms with Crippen molar-refractivity contribution in [1.29, 1.82) is 0 Å². The van der Waals surface area contributed by atoms with Gasteiger partial charge in [-0.05, 0) is 39.9 Å². The molecule has 130 valence electrons. The summed E-state index contributed by atoms with van der Waals surface area (Å²) in [7, 11) is -3.67. The van der Waals surface area contributed by atoms with Gasteiger partial charge in [-0.25, -0.2) is 8.42 Å². The Labute approximate surface area is 157 Å². The van der Waals surface area contributed by atoms with Gasteiger partial charge in [-0.1, -0.05) is 66.7 Å². The maximum atomic E-state index is 13.0. The van der Waals surface area contributed by atoms with Crippen LogP contribution in [0.5, 0.6) is 0 Å². The first-order valence-electron chi connectivity index (χ1n) is 8.23. The fourth-order valence-electron chi connectivity index (χ4n) is 2.95. The SMILES string of the molecule is O=S(=O)(N[C@@H](c1ccccc1)c1cccs1)c1ccc2ccccc2c1. The Morgan fingerprint density at radius 2 is 1.50 bits per heavy atom. The quantitative estimate of drug-likeness (QED) is 0.532. The summed E-state index contributed by atoms with van der Waals surface area (Å²) in [6.45, 7) is 0. The van der Waals surface area contributed by atoms with E-state index in [0.717, 1.165) is 21.2 Å². The van der Waals surface area contributed by atoms with Crippen LogP contribution in [0.2, 0.25) is 0 Å². The van der Waals surface area contributed by atoms with Crippen LogP contribution in [0.4, 0.5) is 0 Å². The van der Waals surface area contributed by atoms with Crippen molar-refractivity contribution in [3.05, 3.63) is 101 Å². The van der Waals surface area contributed by atoms with Gasteiger partial charge in [0.05, 0.1) is 10.9 Å². The van der Waals surface area contributed by atoms with Crippen LogP contribution in [0.1, 0.15) is 16.5 Å². The van der Waals surface area contributed by atoms with Crippen molar-refractivity contribution in [2.75, 3.05) is 0 Å². The number of rotatable bonds is 5. The van der Waals surface area contributed by atoms with Gasteiger partial charge >= 0.3 is 0 Å². The average molecular weight is 380 g/mol. The van der Waals surface area contributed by atoms with E-state index in [-0.39, 0.29) is 4.90 Å². The number of thiophene rings is 1. The molecule has 0 radical (unpaired) electrons. The van der Waals surface area contributed by atoms with Crippen molar-refractivity contribution in [2.45, 2.75) is 10.9 Å². The number of hydrogen-bond donors (Lipinski definition) is 1. The van der Waals surface area contributed by atoms with E-state index in [2.05, 4.69) is 4.72 Å². The predicted molar refractivity (Wildman–Crippen MR) is 107 cm³/mol. The number of nitrogens with one attached hydrogen (secondary N) is 1. The second-order valence-electron chi connectivity index (χ2n) is 5.99. The van der Waals surface area contributed by atoms with E-state index in [1.165, 1.54) is 11.3 Å². The highest BCUT2D eigenvalue weighted by Crippen LogP contribution is 2.28. The molecule has 4 rings (SSSR count). The highest BCUT2D eigenvalue weighted by Gasteiger charge is 2.23. The standard InChI is InChI=1S/C21H17NO2S2/c23-26(24,19-13-12-16-7-4-5-10-18(16)15-19)22-21(20-11-6-14-25-20)17-8-2-1-3-9-17/h1-15,21-22H/t21-/m0/s1. The summed E-state index contributed by atoms with van der Waals surface area (Å²) in [4.78, 5) is 1.23. The highest BCUT2D eigenvalue weighted by molar-refractivity contribution is 7.89. The van der Waals surface area contributed by atoms with Crippen molar-refractivity contribution >= 4 is 32.1 Å². The summed E-state index contributed by atoms with van der Waals surface area (Å²) in [6.07, 6.45) is 0. The molecule has 1 aromatic heterocycles. The molecule has 0 aliphatic carbocycles. The van der Waals surface area contributed by atoms with E-state index in [0.29, 0.717) is 0 Å². The Bertz CT molecular complexity index is 1120. The zero-order chi connectivity index (χ0) is 18.0. The molecule has 26 heavy (non-hydrogen) atoms. The Hall–Kier alpha value is -2.47. The van der Waals surface area contributed by atoms with E-state index in [1.807, 2.05) is 78.2 Å². The van der Waals surface area contributed by atoms with Crippen LogP contribution < -0.4 is 4.72 Å². The summed E-state index contributed by atoms with van der Waals surface area (Å²) in [5.41, 5.74) is 0.916. The van der Waals surface area contributed by atoms with Gasteiger partial charge in [0.15, 0.2) is 0 Å². The molecule has 1 atom stereocenters. The van der Waals surface area contributed by atoms with Crippen LogP contribution in [0.15, 0.2) is 95.2 Å². The number of sulfonamides is 1. The lowest BCUT2D eigenvalue weighted by atomic mass is 10.1. The van der Waals surface area contributed by atoms with E-state index >= 15 is 0 Å². The molecule has 0 saturated carbocycles. The van der Waals surface area contributed by atoms with Crippen LogP contribution in [0.25, 0.3) is 10.8 Å². The molecule has 4 aromatic rings. The Morgan fingerprint density at radius 3 is 2.23 bits per heavy atom. The summed E-state index contributed by atoms with van der Waals surface area (Å²) in [5, 5.41) is 3.88. The third-order valence-corrected chi connectivity index (χ3v) is 6.62. The molecule has 0 spiro atoms. The van der Waals surface area contributed by atoms with Crippen molar-refractivity contribution < 1.29 is 8.42 Å². The van der Waals surface area contributed by atoms with Gasteiger partial charge in [-0.2, -0.15) is 4.72 Å². The van der Waals surface area contributed by atoms with E-state index in [1.54, 1.807) is 12.1 Å². The minimum absolute atomic E-state index is 0.272. The Balaban J connectivity index is 1.74. The van der Waals surface area contributed by atoms with Gasteiger partial charge in [0.25, 0.3) is 0 Å². The lowest BCUT2D eigenvalue weighted by Crippen LogP contribution is -2.29. The minimum atomic E-state index is -3.67. The molecule has 1 N–H and O–H groups in total. The maximum Gasteiger partial charge on any atom is 0.241 e. The first-order valence-corrected chi connectivity index (χ1v) is 10.6. The van der Waals surface area contributed by atoms with Crippen LogP contribution in [-0.4, -0.2) is 8.42 Å². The van der Waals surface area contributed by atoms with Crippen LogP contribution in [0.3, 0.4) is 0 Å². The van der Waals surface area contributed by atoms with Crippen LogP contribution in [-0.2, 0) is 10.0 Å². The molecule has 3 nitrogen and oxygen atoms in total. The zero-order valence-corrected chi connectivity index (χ0v) is 15.5. The van der Waals surface area contributed by atoms with Gasteiger partial charge in [0, 0.05) is 4.88 Å². The first-order chi connectivity index (χ1) is 12.6. The molecule has 0 aliphatic rings. The average Bonchev–Trinajstić information content (AvgIpc) is 3.21. The molecule has 0 saturated heterocycles. The molecule has 0 unspecified atom stereocenters. The monoisotopic (exact) mass is 379 g/mol. The van der Waals surface area contributed by atoms with Crippen molar-refractivity contribution in [3.8, 4) is 0 Å². The summed E-state index contributed by atoms with van der Waals surface area (Å²) < 4.78 is 29.0. The largest absolute Gasteiger partial charge is 0.241 e. The number of benzene rings is 3. The predicted octanol–water partition coefficient (Wildman–Crippen LogP) is 4.97. The second kappa shape index (κ2) is 7.03. The molecule has 1 heterocycles. The molecule has 5 heteroatoms. The third kappa shape index (κ3) is 3.42. The van der Waals surface area contributed by atoms with Gasteiger partial charge in [0.2, 0.25) is 10.0 Å². The molecule has 0 amide bonds. The molecule has 0 bridgehead atoms. The van der Waals surface area contributed by atoms with E-state index in [4.69, 9.17) is 0 Å². The van der Waals surface area contributed by atoms with E-state index in [9.17, 15) is 8.42 Å². The third-order valence-electron chi connectivity index (χ3n) is 4.26.